The highest BCUT2D eigenvalue weighted by Crippen LogP contribution is 2.35. The van der Waals surface area contributed by atoms with Gasteiger partial charge in [0.25, 0.3) is 0 Å². The van der Waals surface area contributed by atoms with Crippen LogP contribution < -0.4 is 0 Å². The quantitative estimate of drug-likeness (QED) is 0.0204. The average molecular weight is 1940 g/mol. The summed E-state index contributed by atoms with van der Waals surface area (Å²) < 4.78 is 0. The van der Waals surface area contributed by atoms with E-state index in [0.717, 1.165) is 214 Å². The normalized spacial score (nSPS) is 10.5. The van der Waals surface area contributed by atoms with Crippen molar-refractivity contribution < 1.29 is 0 Å². The van der Waals surface area contributed by atoms with E-state index in [9.17, 15) is 0 Å². The van der Waals surface area contributed by atoms with E-state index in [1.807, 2.05) is 48.5 Å². The van der Waals surface area contributed by atoms with Crippen LogP contribution in [0.2, 0.25) is 0 Å². The summed E-state index contributed by atoms with van der Waals surface area (Å²) in [5.41, 5.74) is 14.8. The van der Waals surface area contributed by atoms with E-state index in [2.05, 4.69) is 245 Å². The Morgan fingerprint density at radius 2 is 0.304 bits per heavy atom. The van der Waals surface area contributed by atoms with Crippen molar-refractivity contribution in [3.63, 3.8) is 0 Å². The first-order valence-electron chi connectivity index (χ1n) is 50.7. The molecule has 0 amide bonds. The lowest BCUT2D eigenvalue weighted by molar-refractivity contribution is 0.667. The van der Waals surface area contributed by atoms with Crippen LogP contribution in [0.5, 0.6) is 0 Å². The predicted molar refractivity (Wildman–Crippen MR) is 595 cm³/mol. The Labute approximate surface area is 850 Å². The third-order valence-electron chi connectivity index (χ3n) is 24.0. The van der Waals surface area contributed by atoms with Gasteiger partial charge in [-0.3, -0.25) is 0 Å². The van der Waals surface area contributed by atoms with Crippen LogP contribution in [-0.4, -0.2) is 0 Å². The van der Waals surface area contributed by atoms with Crippen molar-refractivity contribution in [2.24, 2.45) is 0 Å². The molecule has 0 fully saturated rings. The molecular weight excluding hydrogens is 1810 g/mol. The van der Waals surface area contributed by atoms with Crippen LogP contribution in [0, 0.1) is 132 Å². The van der Waals surface area contributed by atoms with Crippen molar-refractivity contribution in [1.82, 2.24) is 0 Å². The van der Waals surface area contributed by atoms with Gasteiger partial charge in [0.15, 0.2) is 11.4 Å². The maximum absolute atomic E-state index is 7.38. The minimum atomic E-state index is 0.625. The van der Waals surface area contributed by atoms with E-state index in [1.54, 1.807) is 102 Å². The monoisotopic (exact) mass is 1940 g/mol. The summed E-state index contributed by atoms with van der Waals surface area (Å²) in [5.74, 6) is 73.2. The number of benzene rings is 2. The molecule has 0 radical (unpaired) electrons. The predicted octanol–water partition coefficient (Wildman–Crippen LogP) is 36.4. The zero-order valence-electron chi connectivity index (χ0n) is 81.7. The van der Waals surface area contributed by atoms with E-state index in [0.29, 0.717) is 11.4 Å². The van der Waals surface area contributed by atoms with Gasteiger partial charge in [0.1, 0.15) is 0 Å². The van der Waals surface area contributed by atoms with Gasteiger partial charge in [0.2, 0.25) is 0 Å². The summed E-state index contributed by atoms with van der Waals surface area (Å²) in [6.07, 6.45) is 51.9. The summed E-state index contributed by atoms with van der Waals surface area (Å²) >= 11 is 15.7. The van der Waals surface area contributed by atoms with Gasteiger partial charge >= 0.3 is 0 Å². The largest absolute Gasteiger partial charge is 0.238 e. The number of aryl methyl sites for hydroxylation is 9. The molecular formula is C124H134N2S9. The van der Waals surface area contributed by atoms with Gasteiger partial charge in [-0.1, -0.05) is 308 Å². The molecule has 694 valence electrons. The molecule has 0 aliphatic heterocycles. The third kappa shape index (κ3) is 36.3. The highest BCUT2D eigenvalue weighted by Gasteiger charge is 2.18. The molecule has 11 aromatic rings. The Balaban J connectivity index is 0.869. The number of nitrogens with zero attached hydrogens (tertiary/aromatic N) is 2. The molecule has 0 aliphatic carbocycles. The Morgan fingerprint density at radius 1 is 0.170 bits per heavy atom. The smallest absolute Gasteiger partial charge is 0.187 e. The van der Waals surface area contributed by atoms with E-state index < -0.39 is 0 Å². The van der Waals surface area contributed by atoms with Crippen LogP contribution in [0.3, 0.4) is 0 Å². The maximum atomic E-state index is 7.38. The zero-order chi connectivity index (χ0) is 94.7. The summed E-state index contributed by atoms with van der Waals surface area (Å²) in [5, 5.41) is 0. The fourth-order valence-corrected chi connectivity index (χ4v) is 24.4. The molecule has 9 heterocycles. The molecule has 11 rings (SSSR count). The number of thiophene rings is 9. The van der Waals surface area contributed by atoms with Crippen molar-refractivity contribution in [1.29, 1.82) is 0 Å². The zero-order valence-corrected chi connectivity index (χ0v) is 89.1. The van der Waals surface area contributed by atoms with Gasteiger partial charge in [-0.15, -0.1) is 102 Å². The van der Waals surface area contributed by atoms with Gasteiger partial charge in [-0.05, 0) is 315 Å². The second-order valence-electron chi connectivity index (χ2n) is 35.3. The molecule has 0 atom stereocenters. The van der Waals surface area contributed by atoms with Crippen LogP contribution in [0.4, 0.5) is 11.4 Å². The van der Waals surface area contributed by atoms with Crippen molar-refractivity contribution >= 4 is 113 Å². The lowest BCUT2D eigenvalue weighted by atomic mass is 10.1. The van der Waals surface area contributed by atoms with Crippen molar-refractivity contribution in [3.05, 3.63) is 275 Å². The Bertz CT molecular complexity index is 6370. The first-order chi connectivity index (χ1) is 66.4. The molecule has 0 spiro atoms. The van der Waals surface area contributed by atoms with E-state index in [1.165, 1.54) is 223 Å². The minimum Gasteiger partial charge on any atom is -0.238 e. The number of unbranched alkanes of at least 4 members (excludes halogenated alkanes) is 27. The highest BCUT2D eigenvalue weighted by atomic mass is 32.1. The van der Waals surface area contributed by atoms with Crippen LogP contribution in [0.1, 0.15) is 442 Å². The second kappa shape index (κ2) is 60.8. The van der Waals surface area contributed by atoms with Crippen molar-refractivity contribution in [2.75, 3.05) is 0 Å². The summed E-state index contributed by atoms with van der Waals surface area (Å²) in [6.45, 7) is 35.3. The highest BCUT2D eigenvalue weighted by molar-refractivity contribution is 7.16. The molecule has 0 unspecified atom stereocenters. The van der Waals surface area contributed by atoms with E-state index in [-0.39, 0.29) is 0 Å². The molecule has 0 aliphatic rings. The molecule has 135 heavy (non-hydrogen) atoms. The molecule has 2 nitrogen and oxygen atoms in total. The molecule has 11 heteroatoms. The fraction of sp³-hybridized carbons (Fsp3) is 0.435. The van der Waals surface area contributed by atoms with Gasteiger partial charge in [0.05, 0.1) is 101 Å². The Kier molecular flexibility index (Phi) is 47.6. The molecule has 0 N–H and O–H groups in total. The Morgan fingerprint density at radius 3 is 0.437 bits per heavy atom. The van der Waals surface area contributed by atoms with Crippen molar-refractivity contribution in [2.45, 2.75) is 351 Å². The lowest BCUT2D eigenvalue weighted by Gasteiger charge is -2.00. The Hall–Kier alpha value is -9.68. The molecule has 9 aromatic heterocycles. The van der Waals surface area contributed by atoms with Crippen LogP contribution in [0.25, 0.3) is 9.69 Å². The standard InChI is InChI=1S/C124H134N2S9/c1-12-21-30-39-48-96-85-107(67-61-94-57-63-105(125-10)64-58-94)127-116(96)76-69-109-87-98(50-41-32-23-14-3)118(129-109)78-71-111-89-100(52-43-34-25-16-5)120(131-111)80-73-113-91-102(54-45-36-27-18-7)122(133-113)82-75-115-93-104(56-47-38-29-20-9)124(135-115)84-83-123-103(55-46-37-28-19-8)92-114(134-123)74-81-121-101(53-44-35-26-17-6)90-112(132-121)72-79-119-99(51-42-33-24-15-4)88-110(130-119)70-77-117-97(49-40-31-22-13-2)86-108(128-117)68-62-95-59-65-106(126-11)66-60-95/h57-60,63-66,85-93H,12-56H2,1-9H3. The first-order valence-corrected chi connectivity index (χ1v) is 58.1. The number of hydrogen-bond acceptors (Lipinski definition) is 9. The van der Waals surface area contributed by atoms with Crippen molar-refractivity contribution in [3.8, 4) is 118 Å². The molecule has 0 saturated heterocycles. The first kappa shape index (κ1) is 106. The third-order valence-corrected chi connectivity index (χ3v) is 33.1. The summed E-state index contributed by atoms with van der Waals surface area (Å²) in [4.78, 5) is 26.7. The SMILES string of the molecule is [C-]#[N+]c1ccc(C#Cc2cc(CCCCCC)c(C#Cc3cc(CCCCCC)c(C#Cc4cc(CCCCCC)c(C#Cc5cc(CCCCCC)c(C#Cc6cc(CCCCCC)c(C#Cc7sc(C#Cc8sc(C#Cc9sc(C#Cc%10sc(C#Cc%11ccc([N+]#[C-])cc%11)cc%10CCCCCC)cc9CCCCCC)cc8CCCCCC)cc7CCCCCC)s6)s5)s4)s3)s2)cc1. The topological polar surface area (TPSA) is 8.72 Å². The fourth-order valence-electron chi connectivity index (χ4n) is 16.2. The molecule has 0 bridgehead atoms. The lowest BCUT2D eigenvalue weighted by Crippen LogP contribution is -1.87. The van der Waals surface area contributed by atoms with Crippen LogP contribution in [-0.2, 0) is 57.8 Å². The van der Waals surface area contributed by atoms with Gasteiger partial charge in [-0.25, -0.2) is 9.69 Å². The summed E-state index contributed by atoms with van der Waals surface area (Å²) in [7, 11) is 0. The minimum absolute atomic E-state index is 0.625. The molecule has 2 aromatic carbocycles. The van der Waals surface area contributed by atoms with E-state index in [4.69, 9.17) is 13.1 Å². The number of rotatable bonds is 45. The average Bonchev–Trinajstić information content (AvgIpc) is 1.68. The second-order valence-corrected chi connectivity index (χ2v) is 44.8. The maximum Gasteiger partial charge on any atom is 0.187 e. The van der Waals surface area contributed by atoms with Gasteiger partial charge in [-0.2, -0.15) is 0 Å². The molecule has 0 saturated carbocycles. The van der Waals surface area contributed by atoms with E-state index >= 15 is 0 Å². The number of hydrogen-bond donors (Lipinski definition) is 0. The van der Waals surface area contributed by atoms with Gasteiger partial charge < -0.3 is 0 Å². The summed E-state index contributed by atoms with van der Waals surface area (Å²) in [6, 6.07) is 36.0. The van der Waals surface area contributed by atoms with Crippen LogP contribution in [0.15, 0.2) is 103 Å². The van der Waals surface area contributed by atoms with Gasteiger partial charge in [0, 0.05) is 11.1 Å². The van der Waals surface area contributed by atoms with Crippen LogP contribution >= 0.6 is 102 Å².